The first-order chi connectivity index (χ1) is 28.2. The molecule has 0 unspecified atom stereocenters. The fourth-order valence-electron chi connectivity index (χ4n) is 8.55. The lowest BCUT2D eigenvalue weighted by Crippen LogP contribution is -1.88. The van der Waals surface area contributed by atoms with Crippen LogP contribution in [-0.2, 0) is 0 Å². The highest BCUT2D eigenvalue weighted by atomic mass is 32.1. The summed E-state index contributed by atoms with van der Waals surface area (Å²) >= 11 is 3.72. The van der Waals surface area contributed by atoms with E-state index in [1.807, 2.05) is 22.7 Å². The van der Waals surface area contributed by atoms with E-state index in [1.165, 1.54) is 62.6 Å². The summed E-state index contributed by atoms with van der Waals surface area (Å²) in [5.74, 6) is 0. The molecule has 4 heterocycles. The van der Waals surface area contributed by atoms with Gasteiger partial charge in [-0.05, 0) is 75.3 Å². The van der Waals surface area contributed by atoms with Crippen molar-refractivity contribution in [3.63, 3.8) is 0 Å². The Balaban J connectivity index is 0.942. The smallest absolute Gasteiger partial charge is 0.180 e. The number of hydrogen-bond acceptors (Lipinski definition) is 5. The normalized spacial score (nSPS) is 11.9. The number of benzene rings is 8. The van der Waals surface area contributed by atoms with Crippen LogP contribution >= 0.6 is 22.7 Å². The second-order valence-corrected chi connectivity index (χ2v) is 16.6. The maximum atomic E-state index is 6.85. The Labute approximate surface area is 335 Å². The molecular formula is C52H30N2OS2. The Morgan fingerprint density at radius 3 is 1.44 bits per heavy atom. The van der Waals surface area contributed by atoms with Crippen LogP contribution in [0.5, 0.6) is 0 Å². The molecule has 12 aromatic rings. The standard InChI is InChI=1S/C52H30N2OS2/c1-3-25-45-40(17-1)42-22-9-20-38(51(42)56-45)34-14-5-11-31(27-34)32-12-6-16-36(28-32)47-50-48(54-30-53-47)44-24-8-19-37(49(44)55-50)33-13-7-15-35(29-33)39-21-10-23-43-41-18-2-4-26-46(41)57-52(39)43/h1-30H. The summed E-state index contributed by atoms with van der Waals surface area (Å²) in [5, 5.41) is 6.19. The predicted molar refractivity (Wildman–Crippen MR) is 242 cm³/mol. The van der Waals surface area contributed by atoms with Crippen molar-refractivity contribution in [3.8, 4) is 55.8 Å². The highest BCUT2D eigenvalue weighted by Crippen LogP contribution is 2.44. The van der Waals surface area contributed by atoms with Crippen LogP contribution in [0.4, 0.5) is 0 Å². The van der Waals surface area contributed by atoms with Crippen LogP contribution in [0.2, 0.25) is 0 Å². The number of thiophene rings is 2. The number of hydrogen-bond donors (Lipinski definition) is 0. The third kappa shape index (κ3) is 5.17. The molecule has 0 atom stereocenters. The van der Waals surface area contributed by atoms with Gasteiger partial charge < -0.3 is 4.42 Å². The second kappa shape index (κ2) is 12.8. The molecule has 0 saturated heterocycles. The molecule has 0 fully saturated rings. The highest BCUT2D eigenvalue weighted by molar-refractivity contribution is 7.26. The first kappa shape index (κ1) is 32.3. The molecule has 0 spiro atoms. The molecule has 57 heavy (non-hydrogen) atoms. The molecule has 0 aliphatic heterocycles. The molecule has 0 aliphatic carbocycles. The number of rotatable bonds is 5. The molecule has 266 valence electrons. The third-order valence-corrected chi connectivity index (χ3v) is 13.7. The van der Waals surface area contributed by atoms with Crippen molar-refractivity contribution in [1.82, 2.24) is 9.97 Å². The zero-order valence-electron chi connectivity index (χ0n) is 30.4. The summed E-state index contributed by atoms with van der Waals surface area (Å²) in [6.07, 6.45) is 1.66. The lowest BCUT2D eigenvalue weighted by molar-refractivity contribution is 0.668. The van der Waals surface area contributed by atoms with Gasteiger partial charge in [-0.25, -0.2) is 9.97 Å². The average molecular weight is 763 g/mol. The van der Waals surface area contributed by atoms with E-state index in [9.17, 15) is 0 Å². The molecule has 0 saturated carbocycles. The number of furan rings is 1. The van der Waals surface area contributed by atoms with E-state index in [0.717, 1.165) is 50.0 Å². The Morgan fingerprint density at radius 1 is 0.351 bits per heavy atom. The van der Waals surface area contributed by atoms with Gasteiger partial charge in [0.2, 0.25) is 0 Å². The fourth-order valence-corrected chi connectivity index (χ4v) is 11.0. The van der Waals surface area contributed by atoms with Gasteiger partial charge in [0.1, 0.15) is 23.1 Å². The van der Waals surface area contributed by atoms with Crippen molar-refractivity contribution >= 4 is 85.1 Å². The molecule has 3 nitrogen and oxygen atoms in total. The molecular weight excluding hydrogens is 733 g/mol. The Bertz CT molecular complexity index is 3550. The quantitative estimate of drug-likeness (QED) is 0.175. The van der Waals surface area contributed by atoms with E-state index < -0.39 is 0 Å². The highest BCUT2D eigenvalue weighted by Gasteiger charge is 2.19. The lowest BCUT2D eigenvalue weighted by Gasteiger charge is -2.09. The predicted octanol–water partition coefficient (Wildman–Crippen LogP) is 15.4. The van der Waals surface area contributed by atoms with Gasteiger partial charge in [0.05, 0.1) is 0 Å². The van der Waals surface area contributed by atoms with E-state index in [2.05, 4.69) is 176 Å². The van der Waals surface area contributed by atoms with Crippen molar-refractivity contribution in [3.05, 3.63) is 182 Å². The topological polar surface area (TPSA) is 38.9 Å². The van der Waals surface area contributed by atoms with Crippen molar-refractivity contribution < 1.29 is 4.42 Å². The number of aromatic nitrogens is 2. The van der Waals surface area contributed by atoms with Crippen LogP contribution in [0.1, 0.15) is 0 Å². The second-order valence-electron chi connectivity index (χ2n) is 14.5. The molecule has 12 rings (SSSR count). The van der Waals surface area contributed by atoms with E-state index in [4.69, 9.17) is 14.4 Å². The summed E-state index contributed by atoms with van der Waals surface area (Å²) in [7, 11) is 0. The Kier molecular flexibility index (Phi) is 7.27. The van der Waals surface area contributed by atoms with Crippen molar-refractivity contribution in [1.29, 1.82) is 0 Å². The van der Waals surface area contributed by atoms with Crippen LogP contribution in [-0.4, -0.2) is 9.97 Å². The number of fused-ring (bicyclic) bond motifs is 9. The van der Waals surface area contributed by atoms with Gasteiger partial charge in [-0.2, -0.15) is 0 Å². The van der Waals surface area contributed by atoms with Crippen molar-refractivity contribution in [2.75, 3.05) is 0 Å². The van der Waals surface area contributed by atoms with Crippen molar-refractivity contribution in [2.24, 2.45) is 0 Å². The van der Waals surface area contributed by atoms with Gasteiger partial charge in [-0.1, -0.05) is 140 Å². The van der Waals surface area contributed by atoms with Gasteiger partial charge >= 0.3 is 0 Å². The minimum absolute atomic E-state index is 0.688. The average Bonchev–Trinajstić information content (AvgIpc) is 3.98. The van der Waals surface area contributed by atoms with Crippen LogP contribution in [0.15, 0.2) is 187 Å². The summed E-state index contributed by atoms with van der Waals surface area (Å²) < 4.78 is 12.1. The molecule has 8 aromatic carbocycles. The first-order valence-electron chi connectivity index (χ1n) is 19.0. The largest absolute Gasteiger partial charge is 0.451 e. The van der Waals surface area contributed by atoms with E-state index in [-0.39, 0.29) is 0 Å². The van der Waals surface area contributed by atoms with E-state index >= 15 is 0 Å². The maximum absolute atomic E-state index is 6.85. The monoisotopic (exact) mass is 762 g/mol. The third-order valence-electron chi connectivity index (χ3n) is 11.2. The Hall–Kier alpha value is -6.92. The summed E-state index contributed by atoms with van der Waals surface area (Å²) in [6.45, 7) is 0. The van der Waals surface area contributed by atoms with Gasteiger partial charge in [0.15, 0.2) is 5.58 Å². The lowest BCUT2D eigenvalue weighted by atomic mass is 9.96. The molecule has 0 bridgehead atoms. The minimum Gasteiger partial charge on any atom is -0.451 e. The molecule has 5 heteroatoms. The van der Waals surface area contributed by atoms with Crippen LogP contribution < -0.4 is 0 Å². The van der Waals surface area contributed by atoms with Gasteiger partial charge in [-0.15, -0.1) is 22.7 Å². The summed E-state index contributed by atoms with van der Waals surface area (Å²) in [6, 6.07) is 63.2. The van der Waals surface area contributed by atoms with Gasteiger partial charge in [-0.3, -0.25) is 0 Å². The molecule has 0 aliphatic rings. The molecule has 0 amide bonds. The SMILES string of the molecule is c1cc(-c2cccc(-c3cccc4c3sc3ccccc34)c2)cc(-c2ncnc3c2oc2c(-c4cccc(-c5cccc6c5sc5ccccc56)c4)cccc23)c1. The first-order valence-corrected chi connectivity index (χ1v) is 20.7. The molecule has 0 N–H and O–H groups in total. The Morgan fingerprint density at radius 2 is 0.807 bits per heavy atom. The van der Waals surface area contributed by atoms with Crippen LogP contribution in [0.3, 0.4) is 0 Å². The molecule has 4 aromatic heterocycles. The summed E-state index contributed by atoms with van der Waals surface area (Å²) in [4.78, 5) is 9.60. The van der Waals surface area contributed by atoms with Crippen LogP contribution in [0.25, 0.3) is 118 Å². The zero-order valence-corrected chi connectivity index (χ0v) is 32.1. The minimum atomic E-state index is 0.688. The maximum Gasteiger partial charge on any atom is 0.180 e. The van der Waals surface area contributed by atoms with Crippen molar-refractivity contribution in [2.45, 2.75) is 0 Å². The van der Waals surface area contributed by atoms with Crippen LogP contribution in [0, 0.1) is 0 Å². The van der Waals surface area contributed by atoms with E-state index in [0.29, 0.717) is 5.58 Å². The van der Waals surface area contributed by atoms with Gasteiger partial charge in [0.25, 0.3) is 0 Å². The number of para-hydroxylation sites is 1. The number of nitrogens with zero attached hydrogens (tertiary/aromatic N) is 2. The summed E-state index contributed by atoms with van der Waals surface area (Å²) in [5.41, 5.74) is 13.3. The molecule has 0 radical (unpaired) electrons. The van der Waals surface area contributed by atoms with E-state index in [1.54, 1.807) is 6.33 Å². The van der Waals surface area contributed by atoms with Gasteiger partial charge in [0, 0.05) is 56.9 Å². The zero-order chi connectivity index (χ0) is 37.5. The fraction of sp³-hybridized carbons (Fsp3) is 0.